The molecular weight excluding hydrogens is 458 g/mol. The van der Waals surface area contributed by atoms with Gasteiger partial charge in [-0.05, 0) is 29.8 Å². The Morgan fingerprint density at radius 2 is 1.36 bits per heavy atom. The minimum Gasteiger partial charge on any atom is -0.326 e. The summed E-state index contributed by atoms with van der Waals surface area (Å²) in [6.45, 7) is 1.53. The molecule has 0 aliphatic heterocycles. The highest BCUT2D eigenvalue weighted by atomic mass is 32.2. The molecule has 33 heavy (non-hydrogen) atoms. The number of halogens is 4. The molecule has 0 saturated heterocycles. The molecule has 0 saturated carbocycles. The fraction of sp³-hybridized carbons (Fsp3) is 0.208. The lowest BCUT2D eigenvalue weighted by Gasteiger charge is -2.29. The largest absolute Gasteiger partial charge is 0.431 e. The fourth-order valence-corrected chi connectivity index (χ4v) is 4.20. The first-order valence-corrected chi connectivity index (χ1v) is 11.7. The zero-order chi connectivity index (χ0) is 24.3. The topological polar surface area (TPSA) is 63.2 Å². The molecule has 3 aromatic carbocycles. The van der Waals surface area contributed by atoms with Crippen molar-refractivity contribution < 1.29 is 30.8 Å². The molecule has 1 atom stereocenters. The normalized spacial score (nSPS) is 13.8. The van der Waals surface area contributed by atoms with Crippen LogP contribution < -0.4 is 5.32 Å². The van der Waals surface area contributed by atoms with Gasteiger partial charge >= 0.3 is 6.18 Å². The molecule has 0 bridgehead atoms. The molecule has 0 spiro atoms. The van der Waals surface area contributed by atoms with Crippen molar-refractivity contribution in [2.75, 3.05) is 11.1 Å². The van der Waals surface area contributed by atoms with Crippen LogP contribution in [0.1, 0.15) is 23.6 Å². The number of hydrogen-bond donors (Lipinski definition) is 1. The number of hydrogen-bond acceptors (Lipinski definition) is 3. The predicted molar refractivity (Wildman–Crippen MR) is 117 cm³/mol. The van der Waals surface area contributed by atoms with Gasteiger partial charge in [-0.25, -0.2) is 12.8 Å². The van der Waals surface area contributed by atoms with E-state index in [1.165, 1.54) is 61.5 Å². The van der Waals surface area contributed by atoms with Gasteiger partial charge in [-0.3, -0.25) is 4.79 Å². The monoisotopic (exact) mass is 479 g/mol. The van der Waals surface area contributed by atoms with E-state index in [2.05, 4.69) is 5.32 Å². The Morgan fingerprint density at radius 1 is 0.818 bits per heavy atom. The first kappa shape index (κ1) is 24.4. The zero-order valence-electron chi connectivity index (χ0n) is 17.6. The van der Waals surface area contributed by atoms with Crippen LogP contribution in [0.25, 0.3) is 0 Å². The molecule has 9 heteroatoms. The Labute approximate surface area is 189 Å². The average molecular weight is 479 g/mol. The molecule has 3 aromatic rings. The first-order chi connectivity index (χ1) is 15.5. The van der Waals surface area contributed by atoms with Crippen molar-refractivity contribution >= 4 is 21.4 Å². The summed E-state index contributed by atoms with van der Waals surface area (Å²) in [7, 11) is -3.35. The summed E-state index contributed by atoms with van der Waals surface area (Å²) in [6, 6.07) is 16.5. The maximum absolute atomic E-state index is 15.3. The van der Waals surface area contributed by atoms with E-state index < -0.39 is 38.7 Å². The molecule has 1 amide bonds. The van der Waals surface area contributed by atoms with Crippen LogP contribution in [0.2, 0.25) is 0 Å². The average Bonchev–Trinajstić information content (AvgIpc) is 2.79. The van der Waals surface area contributed by atoms with Gasteiger partial charge in [0.25, 0.3) is 5.67 Å². The lowest BCUT2D eigenvalue weighted by atomic mass is 9.87. The van der Waals surface area contributed by atoms with Crippen LogP contribution >= 0.6 is 0 Å². The van der Waals surface area contributed by atoms with Crippen molar-refractivity contribution in [3.8, 4) is 0 Å². The van der Waals surface area contributed by atoms with Gasteiger partial charge in [0.05, 0.1) is 17.1 Å². The quantitative estimate of drug-likeness (QED) is 0.459. The third-order valence-corrected chi connectivity index (χ3v) is 6.91. The summed E-state index contributed by atoms with van der Waals surface area (Å²) in [5.41, 5.74) is -4.08. The summed E-state index contributed by atoms with van der Waals surface area (Å²) in [6.07, 6.45) is -5.26. The molecule has 3 rings (SSSR count). The number of carbonyl (C=O) groups is 1. The molecule has 0 aromatic heterocycles. The van der Waals surface area contributed by atoms with Crippen LogP contribution in [0.15, 0.2) is 83.8 Å². The Morgan fingerprint density at radius 3 is 1.88 bits per heavy atom. The van der Waals surface area contributed by atoms with Gasteiger partial charge < -0.3 is 5.32 Å². The number of carbonyl (C=O) groups excluding carboxylic acids is 1. The van der Waals surface area contributed by atoms with Crippen LogP contribution in [0.4, 0.5) is 23.2 Å². The number of sulfone groups is 1. The highest BCUT2D eigenvalue weighted by Crippen LogP contribution is 2.47. The molecule has 174 valence electrons. The second-order valence-corrected chi connectivity index (χ2v) is 9.65. The van der Waals surface area contributed by atoms with Crippen LogP contribution in [0, 0.1) is 0 Å². The zero-order valence-corrected chi connectivity index (χ0v) is 18.4. The van der Waals surface area contributed by atoms with Crippen LogP contribution in [-0.4, -0.2) is 26.3 Å². The van der Waals surface area contributed by atoms with Crippen molar-refractivity contribution in [1.82, 2.24) is 0 Å². The van der Waals surface area contributed by atoms with E-state index in [0.717, 1.165) is 24.3 Å². The summed E-state index contributed by atoms with van der Waals surface area (Å²) in [4.78, 5) is 12.5. The third kappa shape index (κ3) is 5.24. The van der Waals surface area contributed by atoms with Crippen LogP contribution in [-0.2, 0) is 26.7 Å². The maximum Gasteiger partial charge on any atom is 0.431 e. The van der Waals surface area contributed by atoms with Crippen molar-refractivity contribution in [2.45, 2.75) is 30.1 Å². The standard InChI is InChI=1S/C24H21F4NO3S/c1-2-33(31,32)21-14-8-17(9-15-21)16-22(30)29-20-12-10-19(11-13-20)23(25,24(26,27)28)18-6-4-3-5-7-18/h3-15H,2,16H2,1H3,(H,29,30). The van der Waals surface area contributed by atoms with Crippen LogP contribution in [0.3, 0.4) is 0 Å². The van der Waals surface area contributed by atoms with Crippen molar-refractivity contribution in [3.63, 3.8) is 0 Å². The number of amides is 1. The fourth-order valence-electron chi connectivity index (χ4n) is 3.32. The summed E-state index contributed by atoms with van der Waals surface area (Å²) in [5.74, 6) is -0.499. The summed E-state index contributed by atoms with van der Waals surface area (Å²) >= 11 is 0. The van der Waals surface area contributed by atoms with Crippen molar-refractivity contribution in [3.05, 3.63) is 95.6 Å². The first-order valence-electron chi connectivity index (χ1n) is 10.0. The van der Waals surface area contributed by atoms with Gasteiger partial charge in [-0.2, -0.15) is 13.2 Å². The van der Waals surface area contributed by atoms with E-state index >= 15 is 4.39 Å². The molecular formula is C24H21F4NO3S. The van der Waals surface area contributed by atoms with E-state index in [0.29, 0.717) is 5.56 Å². The van der Waals surface area contributed by atoms with Crippen molar-refractivity contribution in [1.29, 1.82) is 0 Å². The lowest BCUT2D eigenvalue weighted by Crippen LogP contribution is -2.39. The number of nitrogens with one attached hydrogen (secondary N) is 1. The minimum absolute atomic E-state index is 0.0401. The summed E-state index contributed by atoms with van der Waals surface area (Å²) in [5, 5.41) is 2.54. The number of alkyl halides is 4. The van der Waals surface area contributed by atoms with Crippen LogP contribution in [0.5, 0.6) is 0 Å². The van der Waals surface area contributed by atoms with Gasteiger partial charge in [0.2, 0.25) is 5.91 Å². The number of benzene rings is 3. The van der Waals surface area contributed by atoms with E-state index in [1.54, 1.807) is 0 Å². The second kappa shape index (κ2) is 9.35. The second-order valence-electron chi connectivity index (χ2n) is 7.37. The van der Waals surface area contributed by atoms with E-state index in [1.807, 2.05) is 0 Å². The van der Waals surface area contributed by atoms with Gasteiger partial charge in [0, 0.05) is 16.8 Å². The SMILES string of the molecule is CCS(=O)(=O)c1ccc(CC(=O)Nc2ccc(C(F)(c3ccccc3)C(F)(F)F)cc2)cc1. The lowest BCUT2D eigenvalue weighted by molar-refractivity contribution is -0.219. The van der Waals surface area contributed by atoms with E-state index in [4.69, 9.17) is 0 Å². The molecule has 0 heterocycles. The molecule has 0 aliphatic rings. The molecule has 0 aliphatic carbocycles. The Balaban J connectivity index is 1.74. The maximum atomic E-state index is 15.3. The molecule has 1 unspecified atom stereocenters. The molecule has 1 N–H and O–H groups in total. The summed E-state index contributed by atoms with van der Waals surface area (Å²) < 4.78 is 80.0. The highest BCUT2D eigenvalue weighted by Gasteiger charge is 2.58. The molecule has 4 nitrogen and oxygen atoms in total. The minimum atomic E-state index is -5.18. The van der Waals surface area contributed by atoms with Gasteiger partial charge in [-0.15, -0.1) is 0 Å². The predicted octanol–water partition coefficient (Wildman–Crippen LogP) is 5.44. The van der Waals surface area contributed by atoms with Gasteiger partial charge in [-0.1, -0.05) is 61.5 Å². The molecule has 0 radical (unpaired) electrons. The Kier molecular flexibility index (Phi) is 6.92. The smallest absolute Gasteiger partial charge is 0.326 e. The van der Waals surface area contributed by atoms with E-state index in [9.17, 15) is 26.4 Å². The third-order valence-electron chi connectivity index (χ3n) is 5.16. The van der Waals surface area contributed by atoms with Crippen molar-refractivity contribution in [2.24, 2.45) is 0 Å². The van der Waals surface area contributed by atoms with Gasteiger partial charge in [0.1, 0.15) is 0 Å². The van der Waals surface area contributed by atoms with E-state index in [-0.39, 0.29) is 22.8 Å². The van der Waals surface area contributed by atoms with Gasteiger partial charge in [0.15, 0.2) is 9.84 Å². The Bertz CT molecular complexity index is 1210. The number of anilines is 1. The number of rotatable bonds is 7. The molecule has 0 fully saturated rings. The highest BCUT2D eigenvalue weighted by molar-refractivity contribution is 7.91. The Hall–Kier alpha value is -3.20.